The number of carbonyl (C=O) groups is 1. The van der Waals surface area contributed by atoms with Gasteiger partial charge in [0, 0.05) is 12.6 Å². The molecule has 0 bridgehead atoms. The molecule has 1 aromatic rings. The van der Waals surface area contributed by atoms with E-state index in [4.69, 9.17) is 9.47 Å². The largest absolute Gasteiger partial charge is 0.493 e. The van der Waals surface area contributed by atoms with Crippen LogP contribution in [0.25, 0.3) is 0 Å². The van der Waals surface area contributed by atoms with Gasteiger partial charge in [-0.05, 0) is 44.5 Å². The number of nitrogens with one attached hydrogen (secondary N) is 1. The van der Waals surface area contributed by atoms with Gasteiger partial charge in [-0.1, -0.05) is 13.0 Å². The molecule has 0 saturated carbocycles. The van der Waals surface area contributed by atoms with Crippen molar-refractivity contribution >= 4 is 5.91 Å². The van der Waals surface area contributed by atoms with E-state index >= 15 is 0 Å². The van der Waals surface area contributed by atoms with Crippen molar-refractivity contribution in [2.75, 3.05) is 33.9 Å². The van der Waals surface area contributed by atoms with Crippen molar-refractivity contribution in [1.29, 1.82) is 0 Å². The Morgan fingerprint density at radius 2 is 2.00 bits per heavy atom. The van der Waals surface area contributed by atoms with Crippen molar-refractivity contribution in [3.8, 4) is 11.5 Å². The number of nitrogens with zero attached hydrogens (tertiary/aromatic N) is 1. The second-order valence-corrected chi connectivity index (χ2v) is 5.52. The number of methoxy groups -OCH3 is 2. The number of para-hydroxylation sites is 1. The van der Waals surface area contributed by atoms with Crippen LogP contribution in [0, 0.1) is 0 Å². The highest BCUT2D eigenvalue weighted by atomic mass is 16.5. The molecule has 1 aromatic carbocycles. The Hall–Kier alpha value is -1.75. The van der Waals surface area contributed by atoms with Crippen molar-refractivity contribution in [3.05, 3.63) is 23.8 Å². The predicted octanol–water partition coefficient (Wildman–Crippen LogP) is 2.31. The Labute approximate surface area is 132 Å². The second-order valence-electron chi connectivity index (χ2n) is 5.52. The lowest BCUT2D eigenvalue weighted by Gasteiger charge is -2.35. The SMILES string of the molecule is CCCN(C(=O)c1cccc(OC)c1OC)C1CCNCC1. The molecule has 122 valence electrons. The Bertz CT molecular complexity index is 499. The molecule has 0 spiro atoms. The maximum atomic E-state index is 13.1. The van der Waals surface area contributed by atoms with Crippen molar-refractivity contribution in [2.24, 2.45) is 0 Å². The highest BCUT2D eigenvalue weighted by molar-refractivity contribution is 5.98. The minimum Gasteiger partial charge on any atom is -0.493 e. The Morgan fingerprint density at radius 1 is 1.27 bits per heavy atom. The molecule has 1 N–H and O–H groups in total. The summed E-state index contributed by atoms with van der Waals surface area (Å²) in [6, 6.07) is 5.75. The molecule has 1 heterocycles. The number of amides is 1. The van der Waals surface area contributed by atoms with Gasteiger partial charge < -0.3 is 19.7 Å². The summed E-state index contributed by atoms with van der Waals surface area (Å²) in [4.78, 5) is 15.1. The number of benzene rings is 1. The molecule has 1 fully saturated rings. The smallest absolute Gasteiger partial charge is 0.258 e. The van der Waals surface area contributed by atoms with Gasteiger partial charge in [0.25, 0.3) is 5.91 Å². The van der Waals surface area contributed by atoms with Crippen molar-refractivity contribution in [3.63, 3.8) is 0 Å². The summed E-state index contributed by atoms with van der Waals surface area (Å²) in [6.07, 6.45) is 2.94. The zero-order chi connectivity index (χ0) is 15.9. The highest BCUT2D eigenvalue weighted by Crippen LogP contribution is 2.32. The standard InChI is InChI=1S/C17H26N2O3/c1-4-12-19(13-8-10-18-11-9-13)17(20)14-6-5-7-15(21-2)16(14)22-3/h5-7,13,18H,4,8-12H2,1-3H3. The summed E-state index contributed by atoms with van der Waals surface area (Å²) >= 11 is 0. The van der Waals surface area contributed by atoms with Crippen molar-refractivity contribution < 1.29 is 14.3 Å². The van der Waals surface area contributed by atoms with Gasteiger partial charge in [0.2, 0.25) is 0 Å². The molecule has 1 amide bonds. The molecular weight excluding hydrogens is 280 g/mol. The van der Waals surface area contributed by atoms with E-state index in [1.165, 1.54) is 0 Å². The van der Waals surface area contributed by atoms with Gasteiger partial charge in [0.1, 0.15) is 0 Å². The van der Waals surface area contributed by atoms with Crippen LogP contribution < -0.4 is 14.8 Å². The molecule has 0 atom stereocenters. The molecule has 5 nitrogen and oxygen atoms in total. The maximum absolute atomic E-state index is 13.1. The van der Waals surface area contributed by atoms with Crippen molar-refractivity contribution in [2.45, 2.75) is 32.2 Å². The fraction of sp³-hybridized carbons (Fsp3) is 0.588. The molecular formula is C17H26N2O3. The van der Waals surface area contributed by atoms with E-state index in [1.807, 2.05) is 23.1 Å². The van der Waals surface area contributed by atoms with Crippen LogP contribution in [0.4, 0.5) is 0 Å². The fourth-order valence-electron chi connectivity index (χ4n) is 3.02. The highest BCUT2D eigenvalue weighted by Gasteiger charge is 2.28. The summed E-state index contributed by atoms with van der Waals surface area (Å²) in [5, 5.41) is 3.35. The van der Waals surface area contributed by atoms with Crippen LogP contribution in [0.5, 0.6) is 11.5 Å². The number of ether oxygens (including phenoxy) is 2. The van der Waals surface area contributed by atoms with E-state index in [0.29, 0.717) is 23.1 Å². The molecule has 1 aliphatic heterocycles. The number of hydrogen-bond donors (Lipinski definition) is 1. The first kappa shape index (κ1) is 16.6. The van der Waals surface area contributed by atoms with E-state index < -0.39 is 0 Å². The molecule has 0 radical (unpaired) electrons. The van der Waals surface area contributed by atoms with E-state index in [0.717, 1.165) is 38.9 Å². The quantitative estimate of drug-likeness (QED) is 0.876. The van der Waals surface area contributed by atoms with Crippen LogP contribution in [-0.2, 0) is 0 Å². The summed E-state index contributed by atoms with van der Waals surface area (Å²) in [5.74, 6) is 1.14. The second kappa shape index (κ2) is 8.03. The molecule has 1 saturated heterocycles. The van der Waals surface area contributed by atoms with Crippen LogP contribution in [-0.4, -0.2) is 50.7 Å². The third kappa shape index (κ3) is 3.53. The van der Waals surface area contributed by atoms with Crippen LogP contribution in [0.2, 0.25) is 0 Å². The Balaban J connectivity index is 2.30. The van der Waals surface area contributed by atoms with Gasteiger partial charge in [-0.3, -0.25) is 4.79 Å². The molecule has 0 aromatic heterocycles. The van der Waals surface area contributed by atoms with E-state index in [1.54, 1.807) is 14.2 Å². The topological polar surface area (TPSA) is 50.8 Å². The lowest BCUT2D eigenvalue weighted by atomic mass is 10.0. The van der Waals surface area contributed by atoms with E-state index in [2.05, 4.69) is 12.2 Å². The summed E-state index contributed by atoms with van der Waals surface area (Å²) < 4.78 is 10.7. The van der Waals surface area contributed by atoms with Crippen LogP contribution in [0.15, 0.2) is 18.2 Å². The monoisotopic (exact) mass is 306 g/mol. The molecule has 0 aliphatic carbocycles. The normalized spacial score (nSPS) is 15.4. The first-order chi connectivity index (χ1) is 10.7. The number of rotatable bonds is 6. The predicted molar refractivity (Wildman–Crippen MR) is 86.8 cm³/mol. The Morgan fingerprint density at radius 3 is 2.59 bits per heavy atom. The lowest BCUT2D eigenvalue weighted by Crippen LogP contribution is -2.46. The van der Waals surface area contributed by atoms with Gasteiger partial charge in [-0.25, -0.2) is 0 Å². The third-order valence-electron chi connectivity index (χ3n) is 4.11. The van der Waals surface area contributed by atoms with Gasteiger partial charge in [0.05, 0.1) is 19.8 Å². The zero-order valence-electron chi connectivity index (χ0n) is 13.7. The molecule has 5 heteroatoms. The van der Waals surface area contributed by atoms with Gasteiger partial charge in [-0.2, -0.15) is 0 Å². The molecule has 1 aliphatic rings. The average molecular weight is 306 g/mol. The lowest BCUT2D eigenvalue weighted by molar-refractivity contribution is 0.0638. The summed E-state index contributed by atoms with van der Waals surface area (Å²) in [7, 11) is 3.16. The van der Waals surface area contributed by atoms with Crippen LogP contribution >= 0.6 is 0 Å². The average Bonchev–Trinajstić information content (AvgIpc) is 2.59. The van der Waals surface area contributed by atoms with E-state index in [-0.39, 0.29) is 5.91 Å². The third-order valence-corrected chi connectivity index (χ3v) is 4.11. The van der Waals surface area contributed by atoms with Gasteiger partial charge in [-0.15, -0.1) is 0 Å². The zero-order valence-corrected chi connectivity index (χ0v) is 13.7. The maximum Gasteiger partial charge on any atom is 0.258 e. The van der Waals surface area contributed by atoms with Crippen molar-refractivity contribution in [1.82, 2.24) is 10.2 Å². The van der Waals surface area contributed by atoms with Gasteiger partial charge in [0.15, 0.2) is 11.5 Å². The van der Waals surface area contributed by atoms with Crippen LogP contribution in [0.3, 0.4) is 0 Å². The number of hydrogen-bond acceptors (Lipinski definition) is 4. The van der Waals surface area contributed by atoms with Gasteiger partial charge >= 0.3 is 0 Å². The number of piperidine rings is 1. The summed E-state index contributed by atoms with van der Waals surface area (Å²) in [6.45, 7) is 4.80. The number of carbonyl (C=O) groups excluding carboxylic acids is 1. The first-order valence-corrected chi connectivity index (χ1v) is 7.95. The molecule has 2 rings (SSSR count). The Kier molecular flexibility index (Phi) is 6.07. The van der Waals surface area contributed by atoms with E-state index in [9.17, 15) is 4.79 Å². The first-order valence-electron chi connectivity index (χ1n) is 7.95. The fourth-order valence-corrected chi connectivity index (χ4v) is 3.02. The summed E-state index contributed by atoms with van der Waals surface area (Å²) in [5.41, 5.74) is 0.578. The molecule has 0 unspecified atom stereocenters. The minimum atomic E-state index is 0.0319. The van der Waals surface area contributed by atoms with Crippen LogP contribution in [0.1, 0.15) is 36.5 Å². The minimum absolute atomic E-state index is 0.0319. The molecule has 22 heavy (non-hydrogen) atoms.